The second-order valence-corrected chi connectivity index (χ2v) is 5.40. The van der Waals surface area contributed by atoms with Crippen LogP contribution in [0.5, 0.6) is 0 Å². The van der Waals surface area contributed by atoms with E-state index in [0.29, 0.717) is 24.9 Å². The maximum absolute atomic E-state index is 12.2. The maximum Gasteiger partial charge on any atom is 0.253 e. The number of likely N-dealkylation sites (N-methyl/N-ethyl adjacent to an activating group) is 2. The lowest BCUT2D eigenvalue weighted by Crippen LogP contribution is -2.32. The number of likely N-dealkylation sites (tertiary alicyclic amines) is 1. The molecule has 1 aromatic rings. The number of hydrogen-bond acceptors (Lipinski definition) is 4. The summed E-state index contributed by atoms with van der Waals surface area (Å²) in [5.74, 6) is -0.302. The molecule has 0 unspecified atom stereocenters. The Balaban J connectivity index is 0.00000264. The first-order valence-corrected chi connectivity index (χ1v) is 7.35. The topological polar surface area (TPSA) is 69.7 Å². The van der Waals surface area contributed by atoms with E-state index >= 15 is 0 Å². The second-order valence-electron chi connectivity index (χ2n) is 5.40. The van der Waals surface area contributed by atoms with Crippen LogP contribution in [0.3, 0.4) is 0 Å². The lowest BCUT2D eigenvalue weighted by Gasteiger charge is -2.17. The minimum absolute atomic E-state index is 0. The molecule has 0 saturated carbocycles. The molecule has 0 aromatic heterocycles. The number of halogens is 1. The van der Waals surface area contributed by atoms with Gasteiger partial charge in [-0.2, -0.15) is 0 Å². The largest absolute Gasteiger partial charge is 0.340 e. The van der Waals surface area contributed by atoms with Gasteiger partial charge in [0.1, 0.15) is 0 Å². The second kappa shape index (κ2) is 8.64. The molecule has 1 fully saturated rings. The summed E-state index contributed by atoms with van der Waals surface area (Å²) in [5.41, 5.74) is 1.44. The van der Waals surface area contributed by atoms with Gasteiger partial charge in [0, 0.05) is 38.5 Å². The molecule has 1 saturated heterocycles. The molecule has 1 aromatic carbocycles. The van der Waals surface area contributed by atoms with Crippen LogP contribution in [0, 0.1) is 0 Å². The molecule has 6 nitrogen and oxygen atoms in total. The fraction of sp³-hybridized carbons (Fsp3) is 0.438. The third-order valence-electron chi connectivity index (χ3n) is 3.74. The average Bonchev–Trinajstić information content (AvgIpc) is 2.84. The van der Waals surface area contributed by atoms with Crippen molar-refractivity contribution in [1.82, 2.24) is 15.1 Å². The number of imide groups is 1. The first-order chi connectivity index (χ1) is 10.5. The van der Waals surface area contributed by atoms with Gasteiger partial charge in [-0.1, -0.05) is 12.1 Å². The SMILES string of the molecule is CNCCN(C)C(=O)c1ccc(CN2C(=O)CCC2=O)cc1.Cl. The summed E-state index contributed by atoms with van der Waals surface area (Å²) in [7, 11) is 3.60. The molecule has 126 valence electrons. The van der Waals surface area contributed by atoms with E-state index in [1.165, 1.54) is 4.90 Å². The van der Waals surface area contributed by atoms with Crippen molar-refractivity contribution < 1.29 is 14.4 Å². The number of carbonyl (C=O) groups is 3. The highest BCUT2D eigenvalue weighted by Gasteiger charge is 2.28. The van der Waals surface area contributed by atoms with Crippen molar-refractivity contribution in [2.75, 3.05) is 27.2 Å². The number of nitrogens with one attached hydrogen (secondary N) is 1. The predicted octanol–water partition coefficient (Wildman–Crippen LogP) is 1.05. The average molecular weight is 340 g/mol. The van der Waals surface area contributed by atoms with Crippen LogP contribution in [0.25, 0.3) is 0 Å². The van der Waals surface area contributed by atoms with Crippen LogP contribution >= 0.6 is 12.4 Å². The zero-order chi connectivity index (χ0) is 16.1. The van der Waals surface area contributed by atoms with E-state index in [-0.39, 0.29) is 36.7 Å². The van der Waals surface area contributed by atoms with Crippen molar-refractivity contribution in [3.63, 3.8) is 0 Å². The van der Waals surface area contributed by atoms with E-state index in [9.17, 15) is 14.4 Å². The van der Waals surface area contributed by atoms with Gasteiger partial charge in [0.15, 0.2) is 0 Å². The van der Waals surface area contributed by atoms with Gasteiger partial charge in [-0.25, -0.2) is 0 Å². The molecule has 0 spiro atoms. The molecular formula is C16H22ClN3O3. The van der Waals surface area contributed by atoms with Crippen molar-refractivity contribution in [2.45, 2.75) is 19.4 Å². The summed E-state index contributed by atoms with van der Waals surface area (Å²) in [6.45, 7) is 1.65. The monoisotopic (exact) mass is 339 g/mol. The normalized spacial score (nSPS) is 13.9. The quantitative estimate of drug-likeness (QED) is 0.786. The third-order valence-corrected chi connectivity index (χ3v) is 3.74. The first kappa shape index (κ1) is 19.1. The van der Waals surface area contributed by atoms with Gasteiger partial charge >= 0.3 is 0 Å². The van der Waals surface area contributed by atoms with E-state index in [4.69, 9.17) is 0 Å². The minimum atomic E-state index is -0.128. The number of carbonyl (C=O) groups excluding carboxylic acids is 3. The Labute approximate surface area is 142 Å². The Morgan fingerprint density at radius 3 is 2.26 bits per heavy atom. The Hall–Kier alpha value is -1.92. The molecule has 0 aliphatic carbocycles. The van der Waals surface area contributed by atoms with Crippen LogP contribution in [-0.4, -0.2) is 54.7 Å². The minimum Gasteiger partial charge on any atom is -0.340 e. The molecular weight excluding hydrogens is 318 g/mol. The standard InChI is InChI=1S/C16H21N3O3.ClH/c1-17-9-10-18(2)16(22)13-5-3-12(4-6-13)11-19-14(20)7-8-15(19)21;/h3-6,17H,7-11H2,1-2H3;1H. The van der Waals surface area contributed by atoms with Crippen molar-refractivity contribution in [3.05, 3.63) is 35.4 Å². The maximum atomic E-state index is 12.2. The molecule has 2 rings (SSSR count). The van der Waals surface area contributed by atoms with Crippen LogP contribution in [0.1, 0.15) is 28.8 Å². The van der Waals surface area contributed by atoms with Gasteiger partial charge < -0.3 is 10.2 Å². The predicted molar refractivity (Wildman–Crippen MR) is 89.4 cm³/mol. The molecule has 3 amide bonds. The highest BCUT2D eigenvalue weighted by molar-refractivity contribution is 6.01. The van der Waals surface area contributed by atoms with Crippen LogP contribution in [0.4, 0.5) is 0 Å². The van der Waals surface area contributed by atoms with Gasteiger partial charge in [0.25, 0.3) is 5.91 Å². The summed E-state index contributed by atoms with van der Waals surface area (Å²) < 4.78 is 0. The van der Waals surface area contributed by atoms with Gasteiger partial charge in [-0.3, -0.25) is 19.3 Å². The highest BCUT2D eigenvalue weighted by Crippen LogP contribution is 2.16. The molecule has 0 atom stereocenters. The van der Waals surface area contributed by atoms with Crippen molar-refractivity contribution in [3.8, 4) is 0 Å². The van der Waals surface area contributed by atoms with E-state index in [1.54, 1.807) is 36.2 Å². The smallest absolute Gasteiger partial charge is 0.253 e. The number of amides is 3. The molecule has 0 bridgehead atoms. The van der Waals surface area contributed by atoms with E-state index in [1.807, 2.05) is 7.05 Å². The fourth-order valence-electron chi connectivity index (χ4n) is 2.34. The van der Waals surface area contributed by atoms with Crippen molar-refractivity contribution >= 4 is 30.1 Å². The molecule has 1 N–H and O–H groups in total. The first-order valence-electron chi connectivity index (χ1n) is 7.35. The van der Waals surface area contributed by atoms with Crippen molar-refractivity contribution in [1.29, 1.82) is 0 Å². The number of hydrogen-bond donors (Lipinski definition) is 1. The summed E-state index contributed by atoms with van der Waals surface area (Å²) in [4.78, 5) is 38.3. The zero-order valence-corrected chi connectivity index (χ0v) is 14.2. The summed E-state index contributed by atoms with van der Waals surface area (Å²) >= 11 is 0. The highest BCUT2D eigenvalue weighted by atomic mass is 35.5. The summed E-state index contributed by atoms with van der Waals surface area (Å²) in [6, 6.07) is 7.05. The van der Waals surface area contributed by atoms with E-state index in [0.717, 1.165) is 12.1 Å². The number of nitrogens with zero attached hydrogens (tertiary/aromatic N) is 2. The van der Waals surface area contributed by atoms with Crippen molar-refractivity contribution in [2.24, 2.45) is 0 Å². The Morgan fingerprint density at radius 1 is 1.17 bits per heavy atom. The van der Waals surface area contributed by atoms with Crippen LogP contribution < -0.4 is 5.32 Å². The molecule has 0 radical (unpaired) electrons. The van der Waals surface area contributed by atoms with Gasteiger partial charge in [-0.05, 0) is 24.7 Å². The van der Waals surface area contributed by atoms with E-state index < -0.39 is 0 Å². The lowest BCUT2D eigenvalue weighted by atomic mass is 10.1. The Kier molecular flexibility index (Phi) is 7.19. The van der Waals surface area contributed by atoms with Gasteiger partial charge in [0.05, 0.1) is 6.54 Å². The fourth-order valence-corrected chi connectivity index (χ4v) is 2.34. The summed E-state index contributed by atoms with van der Waals surface area (Å²) in [6.07, 6.45) is 0.595. The lowest BCUT2D eigenvalue weighted by molar-refractivity contribution is -0.139. The Morgan fingerprint density at radius 2 is 1.74 bits per heavy atom. The van der Waals surface area contributed by atoms with E-state index in [2.05, 4.69) is 5.32 Å². The molecule has 23 heavy (non-hydrogen) atoms. The molecule has 7 heteroatoms. The Bertz CT molecular complexity index is 558. The van der Waals surface area contributed by atoms with Gasteiger partial charge in [-0.15, -0.1) is 12.4 Å². The molecule has 1 aliphatic heterocycles. The zero-order valence-electron chi connectivity index (χ0n) is 13.4. The summed E-state index contributed by atoms with van der Waals surface area (Å²) in [5, 5.41) is 3.00. The number of rotatable bonds is 6. The van der Waals surface area contributed by atoms with Gasteiger partial charge in [0.2, 0.25) is 11.8 Å². The van der Waals surface area contributed by atoms with Crippen LogP contribution in [0.15, 0.2) is 24.3 Å². The third kappa shape index (κ3) is 4.77. The van der Waals surface area contributed by atoms with Crippen LogP contribution in [-0.2, 0) is 16.1 Å². The molecule has 1 aliphatic rings. The number of benzene rings is 1. The van der Waals surface area contributed by atoms with Crippen LogP contribution in [0.2, 0.25) is 0 Å². The molecule has 1 heterocycles.